The van der Waals surface area contributed by atoms with Gasteiger partial charge in [0.15, 0.2) is 0 Å². The standard InChI is InChI=1S/C11H19N3O/c1-8(2)14-7-13-6-10(14)11-9(5-12)3-4-15-11/h6-9,11H,3-5,12H2,1-2H3. The van der Waals surface area contributed by atoms with E-state index in [9.17, 15) is 0 Å². The van der Waals surface area contributed by atoms with Crippen LogP contribution in [0.2, 0.25) is 0 Å². The normalized spacial score (nSPS) is 26.4. The van der Waals surface area contributed by atoms with Crippen LogP contribution in [0.25, 0.3) is 0 Å². The van der Waals surface area contributed by atoms with Crippen LogP contribution in [0.15, 0.2) is 12.5 Å². The molecule has 0 aliphatic carbocycles. The lowest BCUT2D eigenvalue weighted by molar-refractivity contribution is 0.0850. The summed E-state index contributed by atoms with van der Waals surface area (Å²) in [6.45, 7) is 5.80. The Morgan fingerprint density at radius 3 is 3.13 bits per heavy atom. The SMILES string of the molecule is CC(C)n1cncc1C1OCCC1CN. The number of hydrogen-bond acceptors (Lipinski definition) is 3. The Morgan fingerprint density at radius 1 is 1.67 bits per heavy atom. The van der Waals surface area contributed by atoms with Crippen LogP contribution < -0.4 is 5.73 Å². The van der Waals surface area contributed by atoms with Gasteiger partial charge in [-0.1, -0.05) is 0 Å². The van der Waals surface area contributed by atoms with E-state index in [0.717, 1.165) is 18.7 Å². The van der Waals surface area contributed by atoms with Gasteiger partial charge in [0.05, 0.1) is 18.2 Å². The molecular formula is C11H19N3O. The van der Waals surface area contributed by atoms with Gasteiger partial charge >= 0.3 is 0 Å². The first kappa shape index (κ1) is 10.6. The minimum absolute atomic E-state index is 0.139. The molecule has 15 heavy (non-hydrogen) atoms. The first-order chi connectivity index (χ1) is 7.24. The maximum Gasteiger partial charge on any atom is 0.103 e. The Labute approximate surface area is 90.4 Å². The molecule has 1 aliphatic heterocycles. The quantitative estimate of drug-likeness (QED) is 0.820. The summed E-state index contributed by atoms with van der Waals surface area (Å²) in [5.74, 6) is 0.444. The minimum atomic E-state index is 0.139. The van der Waals surface area contributed by atoms with Crippen LogP contribution >= 0.6 is 0 Å². The molecule has 1 fully saturated rings. The second-order valence-electron chi connectivity index (χ2n) is 4.40. The third kappa shape index (κ3) is 1.92. The van der Waals surface area contributed by atoms with Crippen LogP contribution in [-0.4, -0.2) is 22.7 Å². The van der Waals surface area contributed by atoms with Gasteiger partial charge < -0.3 is 15.0 Å². The lowest BCUT2D eigenvalue weighted by atomic mass is 9.99. The Morgan fingerprint density at radius 2 is 2.47 bits per heavy atom. The molecule has 4 heteroatoms. The highest BCUT2D eigenvalue weighted by Crippen LogP contribution is 2.34. The number of rotatable bonds is 3. The molecule has 4 nitrogen and oxygen atoms in total. The molecule has 2 atom stereocenters. The van der Waals surface area contributed by atoms with Crippen molar-refractivity contribution in [3.05, 3.63) is 18.2 Å². The zero-order valence-electron chi connectivity index (χ0n) is 9.39. The van der Waals surface area contributed by atoms with Crippen molar-refractivity contribution in [1.29, 1.82) is 0 Å². The van der Waals surface area contributed by atoms with Crippen molar-refractivity contribution in [3.8, 4) is 0 Å². The van der Waals surface area contributed by atoms with Crippen molar-refractivity contribution in [1.82, 2.24) is 9.55 Å². The Balaban J connectivity index is 2.24. The molecule has 2 N–H and O–H groups in total. The minimum Gasteiger partial charge on any atom is -0.372 e. The molecule has 0 radical (unpaired) electrons. The lowest BCUT2D eigenvalue weighted by Crippen LogP contribution is -2.20. The fourth-order valence-corrected chi connectivity index (χ4v) is 2.17. The highest BCUT2D eigenvalue weighted by Gasteiger charge is 2.31. The molecule has 84 valence electrons. The van der Waals surface area contributed by atoms with E-state index in [2.05, 4.69) is 23.4 Å². The maximum absolute atomic E-state index is 5.75. The summed E-state index contributed by atoms with van der Waals surface area (Å²) in [6.07, 6.45) is 4.97. The molecule has 2 rings (SSSR count). The van der Waals surface area contributed by atoms with Gasteiger partial charge in [-0.3, -0.25) is 0 Å². The molecule has 1 aromatic rings. The van der Waals surface area contributed by atoms with Crippen molar-refractivity contribution >= 4 is 0 Å². The Kier molecular flexibility index (Phi) is 3.07. The van der Waals surface area contributed by atoms with Gasteiger partial charge in [0, 0.05) is 18.6 Å². The molecule has 0 bridgehead atoms. The topological polar surface area (TPSA) is 53.1 Å². The van der Waals surface area contributed by atoms with Crippen LogP contribution in [0.4, 0.5) is 0 Å². The van der Waals surface area contributed by atoms with Crippen LogP contribution in [0.3, 0.4) is 0 Å². The summed E-state index contributed by atoms with van der Waals surface area (Å²) >= 11 is 0. The van der Waals surface area contributed by atoms with E-state index in [-0.39, 0.29) is 6.10 Å². The summed E-state index contributed by atoms with van der Waals surface area (Å²) in [7, 11) is 0. The highest BCUT2D eigenvalue weighted by molar-refractivity contribution is 5.07. The number of aromatic nitrogens is 2. The van der Waals surface area contributed by atoms with E-state index in [4.69, 9.17) is 10.5 Å². The number of hydrogen-bond donors (Lipinski definition) is 1. The van der Waals surface area contributed by atoms with Crippen molar-refractivity contribution in [2.75, 3.05) is 13.2 Å². The summed E-state index contributed by atoms with van der Waals surface area (Å²) in [5, 5.41) is 0. The fraction of sp³-hybridized carbons (Fsp3) is 0.727. The van der Waals surface area contributed by atoms with E-state index in [0.29, 0.717) is 18.5 Å². The Bertz CT molecular complexity index is 321. The van der Waals surface area contributed by atoms with Gasteiger partial charge in [-0.2, -0.15) is 0 Å². The molecule has 0 saturated carbocycles. The highest BCUT2D eigenvalue weighted by atomic mass is 16.5. The van der Waals surface area contributed by atoms with Crippen LogP contribution in [-0.2, 0) is 4.74 Å². The predicted octanol–water partition coefficient (Wildman–Crippen LogP) is 1.50. The zero-order chi connectivity index (χ0) is 10.8. The van der Waals surface area contributed by atoms with Gasteiger partial charge in [0.2, 0.25) is 0 Å². The predicted molar refractivity (Wildman–Crippen MR) is 58.5 cm³/mol. The average molecular weight is 209 g/mol. The maximum atomic E-state index is 5.75. The molecule has 2 unspecified atom stereocenters. The van der Waals surface area contributed by atoms with Crippen molar-refractivity contribution in [3.63, 3.8) is 0 Å². The molecule has 0 amide bonds. The largest absolute Gasteiger partial charge is 0.372 e. The molecule has 1 aromatic heterocycles. The summed E-state index contributed by atoms with van der Waals surface area (Å²) in [5.41, 5.74) is 6.91. The van der Waals surface area contributed by atoms with E-state index in [1.54, 1.807) is 0 Å². The van der Waals surface area contributed by atoms with E-state index < -0.39 is 0 Å². The van der Waals surface area contributed by atoms with Gasteiger partial charge in [-0.05, 0) is 26.8 Å². The molecule has 0 spiro atoms. The zero-order valence-corrected chi connectivity index (χ0v) is 9.39. The van der Waals surface area contributed by atoms with Crippen LogP contribution in [0.5, 0.6) is 0 Å². The van der Waals surface area contributed by atoms with Crippen LogP contribution in [0.1, 0.15) is 38.1 Å². The van der Waals surface area contributed by atoms with E-state index in [1.807, 2.05) is 12.5 Å². The smallest absolute Gasteiger partial charge is 0.103 e. The third-order valence-corrected chi connectivity index (χ3v) is 3.06. The lowest BCUT2D eigenvalue weighted by Gasteiger charge is -2.20. The second-order valence-corrected chi connectivity index (χ2v) is 4.40. The molecular weight excluding hydrogens is 190 g/mol. The first-order valence-corrected chi connectivity index (χ1v) is 5.57. The van der Waals surface area contributed by atoms with Crippen molar-refractivity contribution < 1.29 is 4.74 Å². The second kappa shape index (κ2) is 4.33. The van der Waals surface area contributed by atoms with Crippen LogP contribution in [0, 0.1) is 5.92 Å². The Hall–Kier alpha value is -0.870. The number of imidazole rings is 1. The van der Waals surface area contributed by atoms with E-state index in [1.165, 1.54) is 0 Å². The number of nitrogens with zero attached hydrogens (tertiary/aromatic N) is 2. The van der Waals surface area contributed by atoms with Gasteiger partial charge in [0.1, 0.15) is 6.10 Å². The molecule has 1 aliphatic rings. The molecule has 1 saturated heterocycles. The fourth-order valence-electron chi connectivity index (χ4n) is 2.17. The molecule has 2 heterocycles. The summed E-state index contributed by atoms with van der Waals surface area (Å²) in [6, 6.07) is 0.421. The summed E-state index contributed by atoms with van der Waals surface area (Å²) < 4.78 is 7.92. The monoisotopic (exact) mass is 209 g/mol. The number of nitrogens with two attached hydrogens (primary N) is 1. The van der Waals surface area contributed by atoms with Crippen molar-refractivity contribution in [2.45, 2.75) is 32.4 Å². The average Bonchev–Trinajstić information content (AvgIpc) is 2.85. The van der Waals surface area contributed by atoms with Crippen molar-refractivity contribution in [2.24, 2.45) is 11.7 Å². The van der Waals surface area contributed by atoms with Gasteiger partial charge in [-0.25, -0.2) is 4.98 Å². The van der Waals surface area contributed by atoms with Gasteiger partial charge in [-0.15, -0.1) is 0 Å². The van der Waals surface area contributed by atoms with E-state index >= 15 is 0 Å². The first-order valence-electron chi connectivity index (χ1n) is 5.57. The molecule has 0 aromatic carbocycles. The third-order valence-electron chi connectivity index (χ3n) is 3.06. The van der Waals surface area contributed by atoms with Gasteiger partial charge in [0.25, 0.3) is 0 Å². The summed E-state index contributed by atoms with van der Waals surface area (Å²) in [4.78, 5) is 4.20. The number of ether oxygens (including phenoxy) is 1.